The Morgan fingerprint density at radius 2 is 1.80 bits per heavy atom. The lowest BCUT2D eigenvalue weighted by molar-refractivity contribution is 0.00897. The highest BCUT2D eigenvalue weighted by Gasteiger charge is 2.31. The monoisotopic (exact) mass is 284 g/mol. The Morgan fingerprint density at radius 1 is 1.20 bits per heavy atom. The second-order valence-corrected chi connectivity index (χ2v) is 7.18. The molecule has 0 radical (unpaired) electrons. The third-order valence-electron chi connectivity index (χ3n) is 4.07. The zero-order valence-corrected chi connectivity index (χ0v) is 13.0. The number of aliphatic hydroxyl groups excluding tert-OH is 1. The number of carbonyl (C=O) groups is 1. The Kier molecular flexibility index (Phi) is 4.91. The number of piperidine rings is 1. The molecule has 2 heterocycles. The SMILES string of the molecule is CC(C)(C)OC(=O)N1CCC(CN2CC(CO)C2)CC1. The molecule has 2 aliphatic heterocycles. The Hall–Kier alpha value is -0.810. The second kappa shape index (κ2) is 6.31. The molecule has 116 valence electrons. The molecule has 0 aromatic rings. The first-order chi connectivity index (χ1) is 9.37. The Labute approximate surface area is 121 Å². The van der Waals surface area contributed by atoms with E-state index < -0.39 is 5.60 Å². The second-order valence-electron chi connectivity index (χ2n) is 7.18. The van der Waals surface area contributed by atoms with Crippen LogP contribution >= 0.6 is 0 Å². The predicted octanol–water partition coefficient (Wildman–Crippen LogP) is 1.56. The fourth-order valence-corrected chi connectivity index (χ4v) is 2.93. The number of likely N-dealkylation sites (tertiary alicyclic amines) is 2. The maximum atomic E-state index is 12.0. The van der Waals surface area contributed by atoms with Crippen molar-refractivity contribution in [1.82, 2.24) is 9.80 Å². The van der Waals surface area contributed by atoms with Crippen LogP contribution in [-0.2, 0) is 4.74 Å². The minimum Gasteiger partial charge on any atom is -0.444 e. The van der Waals surface area contributed by atoms with Crippen molar-refractivity contribution in [3.8, 4) is 0 Å². The normalized spacial score (nSPS) is 22.7. The fourth-order valence-electron chi connectivity index (χ4n) is 2.93. The van der Waals surface area contributed by atoms with Crippen LogP contribution in [0, 0.1) is 11.8 Å². The Balaban J connectivity index is 1.66. The third kappa shape index (κ3) is 4.35. The van der Waals surface area contributed by atoms with Gasteiger partial charge in [0.05, 0.1) is 0 Å². The van der Waals surface area contributed by atoms with Gasteiger partial charge in [0.25, 0.3) is 0 Å². The molecule has 0 spiro atoms. The molecule has 1 N–H and O–H groups in total. The molecule has 20 heavy (non-hydrogen) atoms. The van der Waals surface area contributed by atoms with Gasteiger partial charge in [-0.15, -0.1) is 0 Å². The van der Waals surface area contributed by atoms with E-state index in [0.717, 1.165) is 45.6 Å². The minimum absolute atomic E-state index is 0.180. The van der Waals surface area contributed by atoms with E-state index in [1.807, 2.05) is 25.7 Å². The molecule has 5 nitrogen and oxygen atoms in total. The summed E-state index contributed by atoms with van der Waals surface area (Å²) in [6.45, 7) is 10.8. The topological polar surface area (TPSA) is 53.0 Å². The standard InChI is InChI=1S/C15H28N2O3/c1-15(2,3)20-14(19)17-6-4-12(5-7-17)8-16-9-13(10-16)11-18/h12-13,18H,4-11H2,1-3H3. The Bertz CT molecular complexity index is 327. The molecule has 2 aliphatic rings. The number of hydrogen-bond acceptors (Lipinski definition) is 4. The lowest BCUT2D eigenvalue weighted by Crippen LogP contribution is -2.51. The van der Waals surface area contributed by atoms with E-state index in [0.29, 0.717) is 18.4 Å². The van der Waals surface area contributed by atoms with Crippen molar-refractivity contribution in [2.24, 2.45) is 11.8 Å². The smallest absolute Gasteiger partial charge is 0.410 e. The largest absolute Gasteiger partial charge is 0.444 e. The van der Waals surface area contributed by atoms with Gasteiger partial charge in [-0.3, -0.25) is 0 Å². The lowest BCUT2D eigenvalue weighted by atomic mass is 9.93. The number of carbonyl (C=O) groups excluding carboxylic acids is 1. The van der Waals surface area contributed by atoms with E-state index in [-0.39, 0.29) is 6.09 Å². The molecule has 0 aliphatic carbocycles. The highest BCUT2D eigenvalue weighted by molar-refractivity contribution is 5.68. The summed E-state index contributed by atoms with van der Waals surface area (Å²) in [5.74, 6) is 1.16. The molecule has 1 amide bonds. The van der Waals surface area contributed by atoms with Crippen molar-refractivity contribution in [3.63, 3.8) is 0 Å². The highest BCUT2D eigenvalue weighted by atomic mass is 16.6. The molecule has 0 saturated carbocycles. The molecule has 0 atom stereocenters. The zero-order chi connectivity index (χ0) is 14.8. The summed E-state index contributed by atoms with van der Waals surface area (Å²) >= 11 is 0. The van der Waals surface area contributed by atoms with Gasteiger partial charge < -0.3 is 19.6 Å². The van der Waals surface area contributed by atoms with Gasteiger partial charge in [-0.1, -0.05) is 0 Å². The number of amides is 1. The summed E-state index contributed by atoms with van der Waals surface area (Å²) in [6, 6.07) is 0. The number of ether oxygens (including phenoxy) is 1. The summed E-state index contributed by atoms with van der Waals surface area (Å²) in [5, 5.41) is 9.01. The van der Waals surface area contributed by atoms with Crippen molar-refractivity contribution in [2.45, 2.75) is 39.2 Å². The minimum atomic E-state index is -0.412. The summed E-state index contributed by atoms with van der Waals surface area (Å²) in [5.41, 5.74) is -0.412. The van der Waals surface area contributed by atoms with E-state index in [4.69, 9.17) is 9.84 Å². The van der Waals surface area contributed by atoms with Gasteiger partial charge in [-0.2, -0.15) is 0 Å². The number of aliphatic hydroxyl groups is 1. The van der Waals surface area contributed by atoms with Gasteiger partial charge in [0.1, 0.15) is 5.60 Å². The molecule has 0 unspecified atom stereocenters. The summed E-state index contributed by atoms with van der Waals surface area (Å²) in [4.78, 5) is 16.2. The maximum absolute atomic E-state index is 12.0. The van der Waals surface area contributed by atoms with Crippen molar-refractivity contribution >= 4 is 6.09 Å². The molecule has 0 aromatic heterocycles. The number of hydrogen-bond donors (Lipinski definition) is 1. The van der Waals surface area contributed by atoms with E-state index in [2.05, 4.69) is 4.90 Å². The van der Waals surface area contributed by atoms with Crippen LogP contribution in [0.3, 0.4) is 0 Å². The first-order valence-electron chi connectivity index (χ1n) is 7.68. The molecule has 2 fully saturated rings. The van der Waals surface area contributed by atoms with Crippen LogP contribution in [0.1, 0.15) is 33.6 Å². The van der Waals surface area contributed by atoms with Crippen molar-refractivity contribution in [3.05, 3.63) is 0 Å². The molecule has 0 bridgehead atoms. The van der Waals surface area contributed by atoms with Crippen LogP contribution in [0.15, 0.2) is 0 Å². The highest BCUT2D eigenvalue weighted by Crippen LogP contribution is 2.24. The lowest BCUT2D eigenvalue weighted by Gasteiger charge is -2.42. The fraction of sp³-hybridized carbons (Fsp3) is 0.933. The van der Waals surface area contributed by atoms with Crippen molar-refractivity contribution in [1.29, 1.82) is 0 Å². The molecule has 2 saturated heterocycles. The first kappa shape index (κ1) is 15.6. The van der Waals surface area contributed by atoms with Crippen molar-refractivity contribution < 1.29 is 14.6 Å². The quantitative estimate of drug-likeness (QED) is 0.854. The predicted molar refractivity (Wildman–Crippen MR) is 77.5 cm³/mol. The van der Waals surface area contributed by atoms with Crippen LogP contribution in [-0.4, -0.2) is 65.9 Å². The Morgan fingerprint density at radius 3 is 2.30 bits per heavy atom. The van der Waals surface area contributed by atoms with Gasteiger partial charge in [0.15, 0.2) is 0 Å². The molecule has 0 aromatic carbocycles. The van der Waals surface area contributed by atoms with E-state index in [1.54, 1.807) is 0 Å². The number of rotatable bonds is 3. The average Bonchev–Trinajstić information content (AvgIpc) is 2.31. The summed E-state index contributed by atoms with van der Waals surface area (Å²) in [7, 11) is 0. The zero-order valence-electron chi connectivity index (χ0n) is 13.0. The van der Waals surface area contributed by atoms with Crippen LogP contribution in [0.4, 0.5) is 4.79 Å². The average molecular weight is 284 g/mol. The van der Waals surface area contributed by atoms with Gasteiger partial charge >= 0.3 is 6.09 Å². The van der Waals surface area contributed by atoms with Crippen LogP contribution < -0.4 is 0 Å². The van der Waals surface area contributed by atoms with Gasteiger partial charge in [-0.05, 0) is 39.5 Å². The van der Waals surface area contributed by atoms with Crippen LogP contribution in [0.2, 0.25) is 0 Å². The maximum Gasteiger partial charge on any atom is 0.410 e. The van der Waals surface area contributed by atoms with E-state index in [1.165, 1.54) is 0 Å². The third-order valence-corrected chi connectivity index (χ3v) is 4.07. The molecule has 5 heteroatoms. The molecular weight excluding hydrogens is 256 g/mol. The summed E-state index contributed by atoms with van der Waals surface area (Å²) < 4.78 is 5.40. The van der Waals surface area contributed by atoms with E-state index >= 15 is 0 Å². The molecular formula is C15H28N2O3. The van der Waals surface area contributed by atoms with Gasteiger partial charge in [-0.25, -0.2) is 4.79 Å². The first-order valence-corrected chi connectivity index (χ1v) is 7.68. The summed E-state index contributed by atoms with van der Waals surface area (Å²) in [6.07, 6.45) is 1.93. The van der Waals surface area contributed by atoms with Gasteiger partial charge in [0.2, 0.25) is 0 Å². The van der Waals surface area contributed by atoms with Crippen molar-refractivity contribution in [2.75, 3.05) is 39.3 Å². The van der Waals surface area contributed by atoms with E-state index in [9.17, 15) is 4.79 Å². The number of nitrogens with zero attached hydrogens (tertiary/aromatic N) is 2. The van der Waals surface area contributed by atoms with Gasteiger partial charge in [0, 0.05) is 45.2 Å². The van der Waals surface area contributed by atoms with Crippen LogP contribution in [0.25, 0.3) is 0 Å². The van der Waals surface area contributed by atoms with Crippen LogP contribution in [0.5, 0.6) is 0 Å². The molecule has 2 rings (SSSR count).